The predicted molar refractivity (Wildman–Crippen MR) is 95.3 cm³/mol. The lowest BCUT2D eigenvalue weighted by molar-refractivity contribution is -0.203. The van der Waals surface area contributed by atoms with Crippen molar-refractivity contribution in [2.75, 3.05) is 19.8 Å². The molecule has 2 aromatic heterocycles. The number of hydrogen-bond acceptors (Lipinski definition) is 6. The minimum Gasteiger partial charge on any atom is -0.454 e. The maximum absolute atomic E-state index is 6.26. The van der Waals surface area contributed by atoms with Crippen LogP contribution in [0.5, 0.6) is 0 Å². The van der Waals surface area contributed by atoms with Crippen LogP contribution in [0.1, 0.15) is 12.7 Å². The second kappa shape index (κ2) is 7.17. The van der Waals surface area contributed by atoms with Gasteiger partial charge in [-0.05, 0) is 25.1 Å². The van der Waals surface area contributed by atoms with Gasteiger partial charge in [0, 0.05) is 17.0 Å². The van der Waals surface area contributed by atoms with Crippen molar-refractivity contribution >= 4 is 34.2 Å². The van der Waals surface area contributed by atoms with Crippen LogP contribution in [-0.4, -0.2) is 40.7 Å². The smallest absolute Gasteiger partial charge is 0.249 e. The highest BCUT2D eigenvalue weighted by Gasteiger charge is 2.47. The van der Waals surface area contributed by atoms with Crippen LogP contribution in [0, 0.1) is 0 Å². The van der Waals surface area contributed by atoms with E-state index in [0.717, 1.165) is 5.39 Å². The molecule has 138 valence electrons. The number of halogens is 2. The van der Waals surface area contributed by atoms with Gasteiger partial charge in [0.2, 0.25) is 5.79 Å². The topological polar surface area (TPSA) is 71.5 Å². The molecule has 3 aromatic rings. The van der Waals surface area contributed by atoms with Gasteiger partial charge in [-0.1, -0.05) is 23.2 Å². The summed E-state index contributed by atoms with van der Waals surface area (Å²) in [4.78, 5) is 3.97. The molecule has 1 aliphatic rings. The molecule has 0 radical (unpaired) electrons. The van der Waals surface area contributed by atoms with Crippen molar-refractivity contribution in [3.05, 3.63) is 46.7 Å². The van der Waals surface area contributed by atoms with Crippen LogP contribution in [-0.2, 0) is 26.5 Å². The summed E-state index contributed by atoms with van der Waals surface area (Å²) in [6.45, 7) is 3.63. The number of hydrogen-bond donors (Lipinski definition) is 0. The molecule has 26 heavy (non-hydrogen) atoms. The van der Waals surface area contributed by atoms with Gasteiger partial charge in [-0.15, -0.1) is 0 Å². The number of nitrogens with zero attached hydrogens (tertiary/aromatic N) is 3. The Morgan fingerprint density at radius 3 is 3.00 bits per heavy atom. The number of rotatable bonds is 6. The lowest BCUT2D eigenvalue weighted by atomic mass is 10.2. The van der Waals surface area contributed by atoms with Gasteiger partial charge in [0.1, 0.15) is 25.3 Å². The van der Waals surface area contributed by atoms with E-state index in [4.69, 9.17) is 41.8 Å². The predicted octanol–water partition coefficient (Wildman–Crippen LogP) is 3.64. The molecule has 4 rings (SSSR count). The Bertz CT molecular complexity index is 899. The Morgan fingerprint density at radius 1 is 1.35 bits per heavy atom. The van der Waals surface area contributed by atoms with Gasteiger partial charge in [0.25, 0.3) is 0 Å². The summed E-state index contributed by atoms with van der Waals surface area (Å²) in [6, 6.07) is 5.25. The molecule has 1 fully saturated rings. The van der Waals surface area contributed by atoms with E-state index in [1.54, 1.807) is 23.1 Å². The average molecular weight is 398 g/mol. The van der Waals surface area contributed by atoms with Crippen LogP contribution in [0.2, 0.25) is 10.0 Å². The molecule has 2 atom stereocenters. The third-order valence-corrected chi connectivity index (χ3v) is 4.61. The summed E-state index contributed by atoms with van der Waals surface area (Å²) < 4.78 is 25.3. The molecular formula is C17H17Cl2N3O4. The first-order chi connectivity index (χ1) is 12.6. The number of aromatic nitrogens is 3. The lowest BCUT2D eigenvalue weighted by Gasteiger charge is -2.25. The van der Waals surface area contributed by atoms with E-state index in [1.165, 1.54) is 6.33 Å². The van der Waals surface area contributed by atoms with Crippen molar-refractivity contribution in [2.24, 2.45) is 0 Å². The Kier molecular flexibility index (Phi) is 4.90. The quantitative estimate of drug-likeness (QED) is 0.632. The van der Waals surface area contributed by atoms with Gasteiger partial charge in [-0.2, -0.15) is 5.10 Å². The van der Waals surface area contributed by atoms with Gasteiger partial charge in [0.05, 0.1) is 18.2 Å². The fraction of sp³-hybridized carbons (Fsp3) is 0.412. The Balaban J connectivity index is 1.72. The van der Waals surface area contributed by atoms with E-state index in [0.29, 0.717) is 41.2 Å². The van der Waals surface area contributed by atoms with Crippen molar-refractivity contribution in [1.82, 2.24) is 14.8 Å². The number of furan rings is 1. The van der Waals surface area contributed by atoms with Gasteiger partial charge in [0.15, 0.2) is 11.3 Å². The van der Waals surface area contributed by atoms with Crippen LogP contribution in [0.3, 0.4) is 0 Å². The molecule has 3 heterocycles. The first-order valence-corrected chi connectivity index (χ1v) is 8.96. The first-order valence-electron chi connectivity index (χ1n) is 8.20. The fourth-order valence-corrected chi connectivity index (χ4v) is 3.53. The molecule has 1 aromatic carbocycles. The van der Waals surface area contributed by atoms with Crippen LogP contribution in [0.25, 0.3) is 11.0 Å². The van der Waals surface area contributed by atoms with Gasteiger partial charge in [-0.25, -0.2) is 9.67 Å². The highest BCUT2D eigenvalue weighted by Crippen LogP contribution is 2.40. The van der Waals surface area contributed by atoms with Crippen molar-refractivity contribution in [3.8, 4) is 0 Å². The van der Waals surface area contributed by atoms with E-state index >= 15 is 0 Å². The first kappa shape index (κ1) is 17.8. The number of ether oxygens (including phenoxy) is 3. The van der Waals surface area contributed by atoms with Crippen molar-refractivity contribution < 1.29 is 18.6 Å². The van der Waals surface area contributed by atoms with Gasteiger partial charge >= 0.3 is 0 Å². The van der Waals surface area contributed by atoms with E-state index in [2.05, 4.69) is 10.1 Å². The average Bonchev–Trinajstić information content (AvgIpc) is 3.33. The van der Waals surface area contributed by atoms with Gasteiger partial charge < -0.3 is 18.6 Å². The third-order valence-electron chi connectivity index (χ3n) is 4.12. The maximum Gasteiger partial charge on any atom is 0.249 e. The third kappa shape index (κ3) is 3.33. The minimum absolute atomic E-state index is 0.217. The van der Waals surface area contributed by atoms with E-state index in [-0.39, 0.29) is 12.6 Å². The summed E-state index contributed by atoms with van der Waals surface area (Å²) >= 11 is 12.4. The molecular weight excluding hydrogens is 381 g/mol. The molecule has 1 saturated heterocycles. The molecule has 2 unspecified atom stereocenters. The zero-order valence-electron chi connectivity index (χ0n) is 14.0. The lowest BCUT2D eigenvalue weighted by Crippen LogP contribution is -2.34. The van der Waals surface area contributed by atoms with Crippen LogP contribution < -0.4 is 0 Å². The molecule has 0 aliphatic carbocycles. The SMILES string of the molecule is CCOCC1COC(Cn2cncn2)(c2cc3cc(Cl)cc(Cl)c3o2)O1. The van der Waals surface area contributed by atoms with E-state index < -0.39 is 5.79 Å². The van der Waals surface area contributed by atoms with Crippen LogP contribution >= 0.6 is 23.2 Å². The van der Waals surface area contributed by atoms with Crippen molar-refractivity contribution in [3.63, 3.8) is 0 Å². The van der Waals surface area contributed by atoms with Crippen LogP contribution in [0.4, 0.5) is 0 Å². The summed E-state index contributed by atoms with van der Waals surface area (Å²) in [7, 11) is 0. The molecule has 0 amide bonds. The van der Waals surface area contributed by atoms with E-state index in [1.807, 2.05) is 13.0 Å². The van der Waals surface area contributed by atoms with Crippen molar-refractivity contribution in [2.45, 2.75) is 25.4 Å². The fourth-order valence-electron chi connectivity index (χ4n) is 2.98. The standard InChI is InChI=1S/C17H17Cl2N3O4/c1-2-23-6-13-7-24-17(26-13,8-22-10-20-9-21-22)15-4-11-3-12(18)5-14(19)16(11)25-15/h3-5,9-10,13H,2,6-8H2,1H3. The molecule has 0 spiro atoms. The number of fused-ring (bicyclic) bond motifs is 1. The minimum atomic E-state index is -1.15. The highest BCUT2D eigenvalue weighted by molar-refractivity contribution is 6.38. The van der Waals surface area contributed by atoms with Crippen LogP contribution in [0.15, 0.2) is 35.3 Å². The summed E-state index contributed by atoms with van der Waals surface area (Å²) in [6.07, 6.45) is 2.83. The monoisotopic (exact) mass is 397 g/mol. The Hall–Kier alpha value is -1.64. The highest BCUT2D eigenvalue weighted by atomic mass is 35.5. The summed E-state index contributed by atoms with van der Waals surface area (Å²) in [5.41, 5.74) is 0.532. The zero-order valence-corrected chi connectivity index (χ0v) is 15.5. The largest absolute Gasteiger partial charge is 0.454 e. The molecule has 1 aliphatic heterocycles. The van der Waals surface area contributed by atoms with E-state index in [9.17, 15) is 0 Å². The zero-order chi connectivity index (χ0) is 18.1. The molecule has 0 saturated carbocycles. The van der Waals surface area contributed by atoms with Crippen molar-refractivity contribution in [1.29, 1.82) is 0 Å². The molecule has 0 N–H and O–H groups in total. The molecule has 7 nitrogen and oxygen atoms in total. The normalized spacial score (nSPS) is 23.1. The maximum atomic E-state index is 6.26. The molecule has 9 heteroatoms. The summed E-state index contributed by atoms with van der Waals surface area (Å²) in [5.74, 6) is -0.657. The summed E-state index contributed by atoms with van der Waals surface area (Å²) in [5, 5.41) is 5.88. The Labute approximate surface area is 159 Å². The Morgan fingerprint density at radius 2 is 2.23 bits per heavy atom. The number of benzene rings is 1. The van der Waals surface area contributed by atoms with Gasteiger partial charge in [-0.3, -0.25) is 0 Å². The molecule has 0 bridgehead atoms. The second-order valence-electron chi connectivity index (χ2n) is 5.97. The second-order valence-corrected chi connectivity index (χ2v) is 6.82.